The van der Waals surface area contributed by atoms with Gasteiger partial charge in [0.1, 0.15) is 0 Å². The van der Waals surface area contributed by atoms with Gasteiger partial charge in [-0.1, -0.05) is 13.8 Å². The smallest absolute Gasteiger partial charge is 0.409 e. The van der Waals surface area contributed by atoms with Gasteiger partial charge >= 0.3 is 6.09 Å². The van der Waals surface area contributed by atoms with Crippen LogP contribution in [0.5, 0.6) is 0 Å². The summed E-state index contributed by atoms with van der Waals surface area (Å²) in [5.41, 5.74) is 6.04. The molecule has 0 saturated carbocycles. The summed E-state index contributed by atoms with van der Waals surface area (Å²) in [4.78, 5) is 20.2. The van der Waals surface area contributed by atoms with E-state index in [0.717, 1.165) is 19.3 Å². The van der Waals surface area contributed by atoms with Crippen LogP contribution in [0, 0.1) is 5.92 Å². The highest BCUT2D eigenvalue weighted by Crippen LogP contribution is 2.12. The number of rotatable bonds is 7. The van der Waals surface area contributed by atoms with E-state index in [1.807, 2.05) is 6.92 Å². The van der Waals surface area contributed by atoms with Crippen molar-refractivity contribution in [3.8, 4) is 0 Å². The van der Waals surface area contributed by atoms with Crippen LogP contribution >= 0.6 is 0 Å². The minimum Gasteiger partial charge on any atom is -0.450 e. The topological polar surface area (TPSA) is 83.2 Å². The van der Waals surface area contributed by atoms with Crippen molar-refractivity contribution in [3.05, 3.63) is 0 Å². The number of aliphatic imine (C=N–C) groups is 1. The molecule has 1 atom stereocenters. The molecule has 1 saturated heterocycles. The number of hydrogen-bond acceptors (Lipinski definition) is 4. The fourth-order valence-electron chi connectivity index (χ4n) is 2.87. The number of ether oxygens (including phenoxy) is 1. The van der Waals surface area contributed by atoms with Crippen LogP contribution in [0.2, 0.25) is 0 Å². The molecule has 0 aromatic rings. The van der Waals surface area contributed by atoms with Gasteiger partial charge in [-0.15, -0.1) is 0 Å². The summed E-state index contributed by atoms with van der Waals surface area (Å²) in [5, 5.41) is 3.29. The Balaban J connectivity index is 2.39. The van der Waals surface area contributed by atoms with Gasteiger partial charge in [-0.2, -0.15) is 0 Å². The molecule has 7 nitrogen and oxygen atoms in total. The van der Waals surface area contributed by atoms with Crippen molar-refractivity contribution in [1.82, 2.24) is 15.1 Å². The van der Waals surface area contributed by atoms with Crippen molar-refractivity contribution in [3.63, 3.8) is 0 Å². The number of nitrogens with one attached hydrogen (secondary N) is 1. The second-order valence-corrected chi connectivity index (χ2v) is 7.08. The summed E-state index contributed by atoms with van der Waals surface area (Å²) in [5.74, 6) is 1.13. The van der Waals surface area contributed by atoms with E-state index in [1.54, 1.807) is 4.90 Å². The molecular formula is C17H35N5O2. The van der Waals surface area contributed by atoms with Gasteiger partial charge in [0, 0.05) is 25.2 Å². The largest absolute Gasteiger partial charge is 0.450 e. The third kappa shape index (κ3) is 7.38. The number of carbonyl (C=O) groups is 1. The number of likely N-dealkylation sites (N-methyl/N-ethyl adjacent to an activating group) is 1. The third-order valence-electron chi connectivity index (χ3n) is 4.32. The van der Waals surface area contributed by atoms with Gasteiger partial charge in [0.15, 0.2) is 5.96 Å². The zero-order chi connectivity index (χ0) is 18.1. The molecule has 1 aliphatic heterocycles. The van der Waals surface area contributed by atoms with Crippen LogP contribution in [0.15, 0.2) is 4.99 Å². The summed E-state index contributed by atoms with van der Waals surface area (Å²) in [6.07, 6.45) is 2.60. The number of guanidine groups is 1. The number of likely N-dealkylation sites (tertiary alicyclic amines) is 1. The first-order valence-electron chi connectivity index (χ1n) is 8.98. The fourth-order valence-corrected chi connectivity index (χ4v) is 2.87. The molecule has 0 aliphatic carbocycles. The van der Waals surface area contributed by atoms with E-state index < -0.39 is 0 Å². The van der Waals surface area contributed by atoms with Gasteiger partial charge < -0.3 is 25.6 Å². The molecule has 1 heterocycles. The maximum absolute atomic E-state index is 11.7. The Kier molecular flexibility index (Phi) is 8.89. The van der Waals surface area contributed by atoms with Crippen molar-refractivity contribution >= 4 is 12.1 Å². The molecule has 3 N–H and O–H groups in total. The molecule has 1 amide bonds. The van der Waals surface area contributed by atoms with E-state index in [-0.39, 0.29) is 12.1 Å². The van der Waals surface area contributed by atoms with Gasteiger partial charge in [-0.25, -0.2) is 4.79 Å². The molecular weight excluding hydrogens is 306 g/mol. The average Bonchev–Trinajstić information content (AvgIpc) is 2.51. The molecule has 0 bridgehead atoms. The maximum Gasteiger partial charge on any atom is 0.409 e. The molecule has 1 unspecified atom stereocenters. The molecule has 1 fully saturated rings. The molecule has 0 aromatic carbocycles. The lowest BCUT2D eigenvalue weighted by atomic mass is 10.0. The first-order valence-corrected chi connectivity index (χ1v) is 8.98. The summed E-state index contributed by atoms with van der Waals surface area (Å²) in [6.45, 7) is 8.77. The Morgan fingerprint density at radius 1 is 1.38 bits per heavy atom. The van der Waals surface area contributed by atoms with E-state index in [9.17, 15) is 4.79 Å². The van der Waals surface area contributed by atoms with Crippen molar-refractivity contribution in [2.45, 2.75) is 52.1 Å². The molecule has 140 valence electrons. The number of carbonyl (C=O) groups excluding carboxylic acids is 1. The lowest BCUT2D eigenvalue weighted by molar-refractivity contribution is 0.0963. The normalized spacial score (nSPS) is 18.1. The fraction of sp³-hybridized carbons (Fsp3) is 0.882. The van der Waals surface area contributed by atoms with Crippen LogP contribution in [0.3, 0.4) is 0 Å². The van der Waals surface area contributed by atoms with E-state index in [1.165, 1.54) is 0 Å². The maximum atomic E-state index is 11.7. The summed E-state index contributed by atoms with van der Waals surface area (Å²) in [7, 11) is 4.16. The Hall–Kier alpha value is -1.50. The van der Waals surface area contributed by atoms with Gasteiger partial charge in [0.05, 0.1) is 13.2 Å². The number of amides is 1. The molecule has 1 rings (SSSR count). The monoisotopic (exact) mass is 341 g/mol. The second kappa shape index (κ2) is 10.4. The zero-order valence-corrected chi connectivity index (χ0v) is 15.9. The van der Waals surface area contributed by atoms with E-state index >= 15 is 0 Å². The number of nitrogens with zero attached hydrogens (tertiary/aromatic N) is 3. The predicted octanol–water partition coefficient (Wildman–Crippen LogP) is 1.49. The lowest BCUT2D eigenvalue weighted by Gasteiger charge is -2.32. The first kappa shape index (κ1) is 20.5. The minimum absolute atomic E-state index is 0.222. The second-order valence-electron chi connectivity index (χ2n) is 7.08. The van der Waals surface area contributed by atoms with Crippen LogP contribution in [-0.2, 0) is 4.74 Å². The Labute approximate surface area is 146 Å². The van der Waals surface area contributed by atoms with E-state index in [2.05, 4.69) is 43.2 Å². The van der Waals surface area contributed by atoms with E-state index in [0.29, 0.717) is 44.2 Å². The van der Waals surface area contributed by atoms with Crippen LogP contribution in [-0.4, -0.2) is 74.3 Å². The van der Waals surface area contributed by atoms with Crippen LogP contribution in [0.25, 0.3) is 0 Å². The lowest BCUT2D eigenvalue weighted by Crippen LogP contribution is -2.48. The molecule has 0 spiro atoms. The highest BCUT2D eigenvalue weighted by molar-refractivity contribution is 5.78. The summed E-state index contributed by atoms with van der Waals surface area (Å²) in [6, 6.07) is 0.665. The van der Waals surface area contributed by atoms with Gasteiger partial charge in [-0.05, 0) is 46.2 Å². The highest BCUT2D eigenvalue weighted by Gasteiger charge is 2.23. The summed E-state index contributed by atoms with van der Waals surface area (Å²) >= 11 is 0. The van der Waals surface area contributed by atoms with E-state index in [4.69, 9.17) is 10.5 Å². The minimum atomic E-state index is -0.222. The number of hydrogen-bond donors (Lipinski definition) is 2. The number of nitrogens with two attached hydrogens (primary N) is 1. The first-order chi connectivity index (χ1) is 11.3. The van der Waals surface area contributed by atoms with Crippen molar-refractivity contribution in [1.29, 1.82) is 0 Å². The third-order valence-corrected chi connectivity index (χ3v) is 4.32. The van der Waals surface area contributed by atoms with Crippen LogP contribution in [0.4, 0.5) is 4.79 Å². The Morgan fingerprint density at radius 2 is 2.00 bits per heavy atom. The highest BCUT2D eigenvalue weighted by atomic mass is 16.6. The van der Waals surface area contributed by atoms with Gasteiger partial charge in [0.2, 0.25) is 0 Å². The summed E-state index contributed by atoms with van der Waals surface area (Å²) < 4.78 is 5.03. The predicted molar refractivity (Wildman–Crippen MR) is 98.2 cm³/mol. The van der Waals surface area contributed by atoms with Gasteiger partial charge in [-0.3, -0.25) is 4.99 Å². The SMILES string of the molecule is CCOC(=O)N1CCC(NC(N)=NCC(CC(C)C)N(C)C)CC1. The number of piperidine rings is 1. The molecule has 1 aliphatic rings. The molecule has 24 heavy (non-hydrogen) atoms. The van der Waals surface area contributed by atoms with Crippen molar-refractivity contribution < 1.29 is 9.53 Å². The molecule has 0 radical (unpaired) electrons. The van der Waals surface area contributed by atoms with Crippen LogP contribution in [0.1, 0.15) is 40.0 Å². The Morgan fingerprint density at radius 3 is 2.50 bits per heavy atom. The van der Waals surface area contributed by atoms with Crippen LogP contribution < -0.4 is 11.1 Å². The quantitative estimate of drug-likeness (QED) is 0.541. The van der Waals surface area contributed by atoms with Gasteiger partial charge in [0.25, 0.3) is 0 Å². The standard InChI is InChI=1S/C17H35N5O2/c1-6-24-17(23)22-9-7-14(8-10-22)20-16(18)19-12-15(21(4)5)11-13(2)3/h13-15H,6-12H2,1-5H3,(H3,18,19,20). The van der Waals surface area contributed by atoms with Crippen molar-refractivity contribution in [2.24, 2.45) is 16.6 Å². The van der Waals surface area contributed by atoms with Crippen molar-refractivity contribution in [2.75, 3.05) is 40.3 Å². The molecule has 0 aromatic heterocycles. The molecule has 7 heteroatoms. The zero-order valence-electron chi connectivity index (χ0n) is 15.9. The average molecular weight is 342 g/mol. The Bertz CT molecular complexity index is 404.